The van der Waals surface area contributed by atoms with E-state index in [1.807, 2.05) is 24.5 Å². The van der Waals surface area contributed by atoms with Crippen molar-refractivity contribution in [3.8, 4) is 24.3 Å². The van der Waals surface area contributed by atoms with Crippen LogP contribution in [0.25, 0.3) is 0 Å². The Labute approximate surface area is 616 Å². The molecule has 2 fully saturated rings. The van der Waals surface area contributed by atoms with Gasteiger partial charge in [-0.2, -0.15) is 64.7 Å². The number of rotatable bonds is 14. The van der Waals surface area contributed by atoms with E-state index in [9.17, 15) is 0 Å². The van der Waals surface area contributed by atoms with Crippen LogP contribution in [0.15, 0.2) is 291 Å². The minimum absolute atomic E-state index is 0. The predicted octanol–water partition coefficient (Wildman–Crippen LogP) is 8.32. The first-order valence-electron chi connectivity index (χ1n) is 33.4. The van der Waals surface area contributed by atoms with E-state index in [0.29, 0.717) is 0 Å². The molecule has 0 unspecified atom stereocenters. The Bertz CT molecular complexity index is 3240. The molecule has 4 heterocycles. The Hall–Kier alpha value is -9.75. The van der Waals surface area contributed by atoms with Gasteiger partial charge in [-0.1, -0.05) is 255 Å². The summed E-state index contributed by atoms with van der Waals surface area (Å²) < 4.78 is 0. The average Bonchev–Trinajstić information content (AvgIpc) is 0.754. The topological polar surface area (TPSA) is 197 Å². The fraction of sp³-hybridized carbons (Fsp3) is 0.241. The Morgan fingerprint density at radius 2 is 0.530 bits per heavy atom. The molecule has 100 heavy (non-hydrogen) atoms. The number of hydrogen-bond donors (Lipinski definition) is 0. The zero-order valence-electron chi connectivity index (χ0n) is 58.6. The summed E-state index contributed by atoms with van der Waals surface area (Å²) in [6.07, 6.45) is 3.73. The number of benzene rings is 8. The van der Waals surface area contributed by atoms with Gasteiger partial charge in [-0.05, 0) is 83.5 Å². The number of aromatic nitrogens is 2. The van der Waals surface area contributed by atoms with Crippen LogP contribution in [0.3, 0.4) is 0 Å². The van der Waals surface area contributed by atoms with Crippen molar-refractivity contribution < 1.29 is 48.0 Å². The Balaban J connectivity index is 0.000000426. The molecule has 0 atom stereocenters. The fourth-order valence-corrected chi connectivity index (χ4v) is 12.5. The monoisotopic (exact) mass is 1420 g/mol. The molecule has 0 radical (unpaired) electrons. The molecule has 0 aliphatic carbocycles. The number of hydrogen-bond acceptors (Lipinski definition) is 13. The molecule has 0 amide bonds. The van der Waals surface area contributed by atoms with Crippen LogP contribution in [-0.2, 0) is 45.8 Å². The summed E-state index contributed by atoms with van der Waals surface area (Å²) in [7, 11) is 4.42. The summed E-state index contributed by atoms with van der Waals surface area (Å²) in [6.45, 7) is 17.7. The largest absolute Gasteiger partial charge is 2.00 e. The Morgan fingerprint density at radius 1 is 0.340 bits per heavy atom. The smallest absolute Gasteiger partial charge is 0.652 e. The molecule has 0 bridgehead atoms. The second-order valence-electron chi connectivity index (χ2n) is 23.3. The molecule has 12 rings (SSSR count). The first kappa shape index (κ1) is 86.3. The van der Waals surface area contributed by atoms with Crippen LogP contribution in [0, 0.1) is 45.3 Å². The molecule has 520 valence electrons. The molecule has 2 aliphatic heterocycles. The molecule has 10 aromatic rings. The fourth-order valence-electron chi connectivity index (χ4n) is 12.5. The number of carbonyl (C=O) groups excluding carboxylic acids is 1. The van der Waals surface area contributed by atoms with Crippen molar-refractivity contribution >= 4 is 62.1 Å². The minimum atomic E-state index is -2.33. The normalized spacial score (nSPS) is 12.4. The van der Waals surface area contributed by atoms with Crippen LogP contribution < -0.4 is 53.9 Å². The first-order chi connectivity index (χ1) is 47.9. The molecule has 0 N–H and O–H groups in total. The Kier molecular flexibility index (Phi) is 45.2. The number of nitrogens with zero attached hydrogens (tertiary/aromatic N) is 10. The van der Waals surface area contributed by atoms with Gasteiger partial charge in [0, 0.05) is 104 Å². The summed E-state index contributed by atoms with van der Waals surface area (Å²) in [5, 5.41) is 45.9. The van der Waals surface area contributed by atoms with Crippen molar-refractivity contribution in [2.24, 2.45) is 0 Å². The van der Waals surface area contributed by atoms with E-state index in [1.54, 1.807) is 24.3 Å². The van der Waals surface area contributed by atoms with Gasteiger partial charge in [0.05, 0.1) is 24.3 Å². The molecular formula is C83H94B2N10Ni2O3. The standard InChI is InChI=1S/2C24H20B.2C13H21N3.4C2H3N.CH2O3.2Ni/c2*1-5-13-21(14-6-1)25(22-15-7-2-8-16-22,23-17-9-3-10-18-23)24-19-11-4-12-20-24;2*1-15-8-4-9-16(12-11-15)10-6-13-5-2-3-7-14-13;4*1-2-3;2-1(3)4;;/h2*1-20H;2*2-3,5,7H,4,6,8-12H2,1H3;4*1H3;(H2,2,3,4);;/q2*-1;;;;;;;;2*+2/p-2. The van der Waals surface area contributed by atoms with Crippen LogP contribution in [0.2, 0.25) is 0 Å². The van der Waals surface area contributed by atoms with Gasteiger partial charge in [-0.15, -0.1) is 0 Å². The Morgan fingerprint density at radius 3 is 0.710 bits per heavy atom. The van der Waals surface area contributed by atoms with Crippen LogP contribution in [-0.4, -0.2) is 128 Å². The number of likely N-dealkylation sites (N-methyl/N-ethyl adjacent to an activating group) is 2. The molecule has 2 aliphatic rings. The summed E-state index contributed by atoms with van der Waals surface area (Å²) >= 11 is 0. The summed E-state index contributed by atoms with van der Waals surface area (Å²) in [5.41, 5.74) is 13.1. The van der Waals surface area contributed by atoms with Gasteiger partial charge < -0.3 is 34.6 Å². The molecule has 8 aromatic carbocycles. The minimum Gasteiger partial charge on any atom is -0.652 e. The van der Waals surface area contributed by atoms with Gasteiger partial charge in [0.1, 0.15) is 12.3 Å². The summed E-state index contributed by atoms with van der Waals surface area (Å²) in [4.78, 5) is 27.0. The van der Waals surface area contributed by atoms with Crippen LogP contribution in [0.5, 0.6) is 0 Å². The molecule has 13 nitrogen and oxygen atoms in total. The maximum absolute atomic E-state index is 8.33. The van der Waals surface area contributed by atoms with E-state index in [4.69, 9.17) is 36.1 Å². The summed E-state index contributed by atoms with van der Waals surface area (Å²) in [6, 6.07) is 106. The van der Waals surface area contributed by atoms with Crippen molar-refractivity contribution in [1.82, 2.24) is 29.6 Å². The van der Waals surface area contributed by atoms with Crippen molar-refractivity contribution in [3.63, 3.8) is 0 Å². The molecule has 0 spiro atoms. The van der Waals surface area contributed by atoms with Gasteiger partial charge in [0.25, 0.3) is 0 Å². The maximum atomic E-state index is 8.33. The summed E-state index contributed by atoms with van der Waals surface area (Å²) in [5.74, 6) is 0. The van der Waals surface area contributed by atoms with Crippen molar-refractivity contribution in [1.29, 1.82) is 21.0 Å². The van der Waals surface area contributed by atoms with Gasteiger partial charge in [0.15, 0.2) is 0 Å². The number of carbonyl (C=O) groups is 1. The van der Waals surface area contributed by atoms with E-state index in [2.05, 4.69) is 311 Å². The predicted molar refractivity (Wildman–Crippen MR) is 404 cm³/mol. The quantitative estimate of drug-likeness (QED) is 0.0944. The zero-order valence-corrected chi connectivity index (χ0v) is 60.6. The number of pyridine rings is 2. The van der Waals surface area contributed by atoms with Crippen molar-refractivity contribution in [2.45, 2.75) is 53.4 Å². The van der Waals surface area contributed by atoms with Crippen LogP contribution in [0.1, 0.15) is 51.9 Å². The van der Waals surface area contributed by atoms with Gasteiger partial charge in [0.2, 0.25) is 0 Å². The number of carboxylic acid groups (broad SMARTS) is 2. The van der Waals surface area contributed by atoms with Crippen molar-refractivity contribution in [3.05, 3.63) is 303 Å². The van der Waals surface area contributed by atoms with Gasteiger partial charge in [-0.25, -0.2) is 0 Å². The third-order valence-electron chi connectivity index (χ3n) is 16.8. The second-order valence-corrected chi connectivity index (χ2v) is 23.3. The molecular weight excluding hydrogens is 1320 g/mol. The van der Waals surface area contributed by atoms with E-state index in [0.717, 1.165) is 25.9 Å². The third kappa shape index (κ3) is 29.8. The van der Waals surface area contributed by atoms with E-state index >= 15 is 0 Å². The van der Waals surface area contributed by atoms with Crippen LogP contribution in [0.4, 0.5) is 4.79 Å². The van der Waals surface area contributed by atoms with E-state index < -0.39 is 18.4 Å². The molecule has 2 saturated heterocycles. The zero-order chi connectivity index (χ0) is 70.7. The first-order valence-corrected chi connectivity index (χ1v) is 33.4. The van der Waals surface area contributed by atoms with Crippen molar-refractivity contribution in [2.75, 3.05) is 79.5 Å². The average molecular weight is 1420 g/mol. The maximum Gasteiger partial charge on any atom is 2.00 e. The van der Waals surface area contributed by atoms with Gasteiger partial charge in [-0.3, -0.25) is 9.97 Å². The molecule has 0 saturated carbocycles. The molecule has 2 aromatic heterocycles. The molecule has 17 heteroatoms. The van der Waals surface area contributed by atoms with Crippen LogP contribution >= 0.6 is 0 Å². The van der Waals surface area contributed by atoms with E-state index in [-0.39, 0.29) is 33.0 Å². The van der Waals surface area contributed by atoms with Gasteiger partial charge >= 0.3 is 33.0 Å². The second kappa shape index (κ2) is 52.3. The third-order valence-corrected chi connectivity index (χ3v) is 16.8. The SMILES string of the molecule is CC#N.CC#N.CC#N.CC#N.CN1CCCN(CCc2ccccn2)CC1.CN1CCCN(CCc2ccccn2)CC1.O=C([O-])[O-].[Ni+2].[Ni+2].c1ccc([B-](c2ccccc2)(c2ccccc2)c2ccccc2)cc1.c1ccc([B-](c2ccccc2)(c2ccccc2)c2ccccc2)cc1. The van der Waals surface area contributed by atoms with E-state index in [1.165, 1.54) is 148 Å². The number of nitriles is 4.